The highest BCUT2D eigenvalue weighted by atomic mass is 16.5. The Hall–Kier alpha value is -3.64. The Kier molecular flexibility index (Phi) is 5.54. The van der Waals surface area contributed by atoms with Crippen molar-refractivity contribution >= 4 is 11.6 Å². The standard InChI is InChI=1S/C20H21N7O2/c1-28-18-7-15(29-12-13-3-2-6-22-13)4-5-16(18)17-8-19(27-26-17)25-20-11-23-14(9-21)10-24-20/h4-5,7-8,10-11,13,22H,2-3,6,12H2,1H3,(H2,24,25,26,27). The maximum atomic E-state index is 8.79. The molecule has 148 valence electrons. The molecule has 0 spiro atoms. The molecule has 2 aromatic heterocycles. The van der Waals surface area contributed by atoms with E-state index in [1.807, 2.05) is 30.3 Å². The van der Waals surface area contributed by atoms with E-state index in [4.69, 9.17) is 14.7 Å². The SMILES string of the molecule is COc1cc(OCC2CCCN2)ccc1-c1cc(Nc2cnc(C#N)cn2)n[nH]1. The van der Waals surface area contributed by atoms with Crippen molar-refractivity contribution in [2.24, 2.45) is 0 Å². The molecule has 0 saturated carbocycles. The van der Waals surface area contributed by atoms with Crippen LogP contribution >= 0.6 is 0 Å². The lowest BCUT2D eigenvalue weighted by atomic mass is 10.1. The van der Waals surface area contributed by atoms with Gasteiger partial charge < -0.3 is 20.1 Å². The molecular formula is C20H21N7O2. The van der Waals surface area contributed by atoms with Gasteiger partial charge in [-0.25, -0.2) is 9.97 Å². The molecule has 29 heavy (non-hydrogen) atoms. The van der Waals surface area contributed by atoms with Gasteiger partial charge in [0.05, 0.1) is 25.2 Å². The molecule has 1 aliphatic rings. The molecule has 1 atom stereocenters. The molecule has 9 nitrogen and oxygen atoms in total. The molecular weight excluding hydrogens is 370 g/mol. The molecule has 9 heteroatoms. The van der Waals surface area contributed by atoms with Crippen molar-refractivity contribution in [1.29, 1.82) is 5.26 Å². The van der Waals surface area contributed by atoms with Crippen molar-refractivity contribution in [2.75, 3.05) is 25.6 Å². The van der Waals surface area contributed by atoms with Crippen LogP contribution in [0.4, 0.5) is 11.6 Å². The molecule has 4 rings (SSSR count). The molecule has 1 unspecified atom stereocenters. The van der Waals surface area contributed by atoms with Crippen molar-refractivity contribution < 1.29 is 9.47 Å². The number of aromatic nitrogens is 4. The molecule has 0 bridgehead atoms. The molecule has 3 N–H and O–H groups in total. The Balaban J connectivity index is 1.46. The van der Waals surface area contributed by atoms with E-state index in [9.17, 15) is 0 Å². The summed E-state index contributed by atoms with van der Waals surface area (Å²) in [4.78, 5) is 8.11. The summed E-state index contributed by atoms with van der Waals surface area (Å²) in [6.45, 7) is 1.70. The summed E-state index contributed by atoms with van der Waals surface area (Å²) in [6.07, 6.45) is 5.22. The van der Waals surface area contributed by atoms with Crippen molar-refractivity contribution in [1.82, 2.24) is 25.5 Å². The number of nitriles is 1. The highest BCUT2D eigenvalue weighted by molar-refractivity contribution is 5.71. The van der Waals surface area contributed by atoms with Crippen molar-refractivity contribution in [3.8, 4) is 28.8 Å². The summed E-state index contributed by atoms with van der Waals surface area (Å²) in [5.74, 6) is 2.53. The van der Waals surface area contributed by atoms with Gasteiger partial charge in [0.1, 0.15) is 30.0 Å². The molecule has 0 radical (unpaired) electrons. The fraction of sp³-hybridized carbons (Fsp3) is 0.300. The summed E-state index contributed by atoms with van der Waals surface area (Å²) in [5, 5.41) is 22.5. The number of nitrogens with zero attached hydrogens (tertiary/aromatic N) is 4. The maximum absolute atomic E-state index is 8.79. The minimum atomic E-state index is 0.258. The van der Waals surface area contributed by atoms with Gasteiger partial charge in [-0.3, -0.25) is 5.10 Å². The first-order valence-electron chi connectivity index (χ1n) is 9.34. The van der Waals surface area contributed by atoms with Crippen LogP contribution in [0, 0.1) is 11.3 Å². The van der Waals surface area contributed by atoms with Crippen LogP contribution in [0.15, 0.2) is 36.7 Å². The number of ether oxygens (including phenoxy) is 2. The topological polar surface area (TPSA) is 121 Å². The van der Waals surface area contributed by atoms with E-state index >= 15 is 0 Å². The molecule has 3 heterocycles. The Labute approximate surface area is 168 Å². The van der Waals surface area contributed by atoms with E-state index in [0.717, 1.165) is 30.0 Å². The monoisotopic (exact) mass is 391 g/mol. The molecule has 3 aromatic rings. The second kappa shape index (κ2) is 8.58. The van der Waals surface area contributed by atoms with Gasteiger partial charge >= 0.3 is 0 Å². The zero-order valence-corrected chi connectivity index (χ0v) is 16.0. The summed E-state index contributed by atoms with van der Waals surface area (Å²) in [5.41, 5.74) is 1.91. The minimum Gasteiger partial charge on any atom is -0.496 e. The number of benzene rings is 1. The maximum Gasteiger partial charge on any atom is 0.158 e. The number of H-pyrrole nitrogens is 1. The van der Waals surface area contributed by atoms with Gasteiger partial charge in [-0.1, -0.05) is 0 Å². The van der Waals surface area contributed by atoms with Gasteiger partial charge in [0.2, 0.25) is 0 Å². The third kappa shape index (κ3) is 4.44. The first-order chi connectivity index (χ1) is 14.2. The van der Waals surface area contributed by atoms with E-state index in [1.54, 1.807) is 7.11 Å². The largest absolute Gasteiger partial charge is 0.496 e. The van der Waals surface area contributed by atoms with Crippen LogP contribution < -0.4 is 20.1 Å². The second-order valence-corrected chi connectivity index (χ2v) is 6.66. The van der Waals surface area contributed by atoms with Gasteiger partial charge in [-0.15, -0.1) is 0 Å². The first kappa shape index (κ1) is 18.7. The highest BCUT2D eigenvalue weighted by Crippen LogP contribution is 2.33. The Morgan fingerprint density at radius 3 is 2.90 bits per heavy atom. The molecule has 1 aliphatic heterocycles. The van der Waals surface area contributed by atoms with Crippen LogP contribution in [0.3, 0.4) is 0 Å². The lowest BCUT2D eigenvalue weighted by molar-refractivity contribution is 0.276. The minimum absolute atomic E-state index is 0.258. The van der Waals surface area contributed by atoms with Gasteiger partial charge in [-0.05, 0) is 31.5 Å². The first-order valence-corrected chi connectivity index (χ1v) is 9.34. The molecule has 0 aliphatic carbocycles. The predicted octanol–water partition coefficient (Wildman–Crippen LogP) is 2.62. The van der Waals surface area contributed by atoms with Crippen LogP contribution in [0.25, 0.3) is 11.3 Å². The summed E-state index contributed by atoms with van der Waals surface area (Å²) in [7, 11) is 1.63. The zero-order chi connectivity index (χ0) is 20.1. The van der Waals surface area contributed by atoms with E-state index in [2.05, 4.69) is 30.8 Å². The van der Waals surface area contributed by atoms with Crippen molar-refractivity contribution in [3.05, 3.63) is 42.4 Å². The molecule has 1 fully saturated rings. The number of aromatic amines is 1. The van der Waals surface area contributed by atoms with Crippen LogP contribution in [-0.4, -0.2) is 46.5 Å². The van der Waals surface area contributed by atoms with Crippen LogP contribution in [0.5, 0.6) is 11.5 Å². The van der Waals surface area contributed by atoms with E-state index in [1.165, 1.54) is 18.8 Å². The fourth-order valence-corrected chi connectivity index (χ4v) is 3.18. The van der Waals surface area contributed by atoms with Gasteiger partial charge in [0.15, 0.2) is 11.5 Å². The highest BCUT2D eigenvalue weighted by Gasteiger charge is 2.16. The van der Waals surface area contributed by atoms with E-state index in [0.29, 0.717) is 30.0 Å². The Bertz CT molecular complexity index is 1000. The Morgan fingerprint density at radius 1 is 1.24 bits per heavy atom. The lowest BCUT2D eigenvalue weighted by Gasteiger charge is -2.14. The van der Waals surface area contributed by atoms with E-state index < -0.39 is 0 Å². The number of methoxy groups -OCH3 is 1. The third-order valence-corrected chi connectivity index (χ3v) is 4.68. The molecule has 0 amide bonds. The third-order valence-electron chi connectivity index (χ3n) is 4.68. The van der Waals surface area contributed by atoms with Gasteiger partial charge in [0, 0.05) is 23.7 Å². The van der Waals surface area contributed by atoms with E-state index in [-0.39, 0.29) is 5.69 Å². The van der Waals surface area contributed by atoms with Gasteiger partial charge in [-0.2, -0.15) is 10.4 Å². The second-order valence-electron chi connectivity index (χ2n) is 6.66. The average Bonchev–Trinajstić information content (AvgIpc) is 3.45. The molecule has 1 saturated heterocycles. The Morgan fingerprint density at radius 2 is 2.17 bits per heavy atom. The number of rotatable bonds is 7. The number of nitrogens with one attached hydrogen (secondary N) is 3. The number of anilines is 2. The number of hydrogen-bond donors (Lipinski definition) is 3. The van der Waals surface area contributed by atoms with Crippen molar-refractivity contribution in [3.63, 3.8) is 0 Å². The van der Waals surface area contributed by atoms with Crippen LogP contribution in [0.2, 0.25) is 0 Å². The summed E-state index contributed by atoms with van der Waals surface area (Å²) < 4.78 is 11.5. The smallest absolute Gasteiger partial charge is 0.158 e. The predicted molar refractivity (Wildman–Crippen MR) is 107 cm³/mol. The van der Waals surface area contributed by atoms with Crippen LogP contribution in [-0.2, 0) is 0 Å². The average molecular weight is 391 g/mol. The van der Waals surface area contributed by atoms with Crippen molar-refractivity contribution in [2.45, 2.75) is 18.9 Å². The quantitative estimate of drug-likeness (QED) is 0.562. The molecule has 1 aromatic carbocycles. The van der Waals surface area contributed by atoms with Crippen LogP contribution in [0.1, 0.15) is 18.5 Å². The summed E-state index contributed by atoms with van der Waals surface area (Å²) in [6, 6.07) is 9.93. The summed E-state index contributed by atoms with van der Waals surface area (Å²) >= 11 is 0. The normalized spacial score (nSPS) is 15.7. The fourth-order valence-electron chi connectivity index (χ4n) is 3.18. The number of hydrogen-bond acceptors (Lipinski definition) is 8. The van der Waals surface area contributed by atoms with Gasteiger partial charge in [0.25, 0.3) is 0 Å². The zero-order valence-electron chi connectivity index (χ0n) is 16.0. The lowest BCUT2D eigenvalue weighted by Crippen LogP contribution is -2.28.